The highest BCUT2D eigenvalue weighted by molar-refractivity contribution is 5.98. The van der Waals surface area contributed by atoms with E-state index in [9.17, 15) is 4.79 Å². The van der Waals surface area contributed by atoms with Gasteiger partial charge in [0.1, 0.15) is 5.82 Å². The van der Waals surface area contributed by atoms with Gasteiger partial charge in [0.2, 0.25) is 5.95 Å². The van der Waals surface area contributed by atoms with E-state index in [4.69, 9.17) is 9.97 Å². The van der Waals surface area contributed by atoms with E-state index in [-0.39, 0.29) is 11.9 Å². The number of aromatic nitrogens is 2. The lowest BCUT2D eigenvalue weighted by molar-refractivity contribution is 0.0926. The van der Waals surface area contributed by atoms with Gasteiger partial charge in [-0.05, 0) is 74.3 Å². The van der Waals surface area contributed by atoms with E-state index in [1.54, 1.807) is 0 Å². The molecule has 2 aromatic carbocycles. The minimum Gasteiger partial charge on any atom is -0.362 e. The summed E-state index contributed by atoms with van der Waals surface area (Å²) in [7, 11) is 4.12. The highest BCUT2D eigenvalue weighted by Crippen LogP contribution is 2.29. The molecule has 2 N–H and O–H groups in total. The number of fused-ring (bicyclic) bond motifs is 2. The minimum absolute atomic E-state index is 0.0193. The number of nitrogens with one attached hydrogen (secondary N) is 2. The third-order valence-electron chi connectivity index (χ3n) is 6.99. The van der Waals surface area contributed by atoms with E-state index >= 15 is 0 Å². The molecule has 1 saturated carbocycles. The van der Waals surface area contributed by atoms with Crippen molar-refractivity contribution in [3.8, 4) is 0 Å². The summed E-state index contributed by atoms with van der Waals surface area (Å²) in [6, 6.07) is 14.6. The van der Waals surface area contributed by atoms with Crippen LogP contribution in [-0.4, -0.2) is 42.1 Å². The van der Waals surface area contributed by atoms with Crippen molar-refractivity contribution >= 4 is 28.4 Å². The standard InChI is InChI=1S/C27H33N5O/c1-32(2)25-23-9-5-6-10-24(23)30-27(31-25)29-22-15-13-21(14-16-22)28-26(33)20-12-11-18-7-3-4-8-19(18)17-20/h3-4,7-8,11-12,17,21-22H,5-6,9-10,13-16H2,1-2H3,(H,28,33)(H,29,30,31)/t21-,22+. The van der Waals surface area contributed by atoms with Crippen LogP contribution < -0.4 is 15.5 Å². The zero-order valence-electron chi connectivity index (χ0n) is 19.6. The Balaban J connectivity index is 1.19. The van der Waals surface area contributed by atoms with Gasteiger partial charge in [-0.2, -0.15) is 4.98 Å². The summed E-state index contributed by atoms with van der Waals surface area (Å²) < 4.78 is 0. The molecule has 33 heavy (non-hydrogen) atoms. The lowest BCUT2D eigenvalue weighted by atomic mass is 9.91. The molecule has 172 valence electrons. The number of benzene rings is 2. The molecule has 0 radical (unpaired) electrons. The van der Waals surface area contributed by atoms with Gasteiger partial charge in [0, 0.05) is 37.3 Å². The number of nitrogens with zero attached hydrogens (tertiary/aromatic N) is 3. The number of hydrogen-bond acceptors (Lipinski definition) is 5. The van der Waals surface area contributed by atoms with Crippen molar-refractivity contribution in [3.05, 3.63) is 59.3 Å². The van der Waals surface area contributed by atoms with Crippen molar-refractivity contribution in [1.29, 1.82) is 0 Å². The van der Waals surface area contributed by atoms with E-state index in [0.717, 1.165) is 66.6 Å². The Morgan fingerprint density at radius 3 is 2.42 bits per heavy atom. The van der Waals surface area contributed by atoms with E-state index < -0.39 is 0 Å². The second-order valence-corrected chi connectivity index (χ2v) is 9.63. The van der Waals surface area contributed by atoms with E-state index in [2.05, 4.69) is 35.7 Å². The molecule has 0 atom stereocenters. The van der Waals surface area contributed by atoms with E-state index in [1.807, 2.05) is 36.4 Å². The maximum atomic E-state index is 12.8. The van der Waals surface area contributed by atoms with Crippen LogP contribution in [0.15, 0.2) is 42.5 Å². The summed E-state index contributed by atoms with van der Waals surface area (Å²) in [4.78, 5) is 24.6. The fraction of sp³-hybridized carbons (Fsp3) is 0.444. The second kappa shape index (κ2) is 9.38. The molecule has 0 saturated heterocycles. The van der Waals surface area contributed by atoms with Gasteiger partial charge >= 0.3 is 0 Å². The third kappa shape index (κ3) is 4.80. The molecule has 2 aliphatic rings. The molecule has 1 aromatic heterocycles. The molecule has 5 rings (SSSR count). The zero-order valence-corrected chi connectivity index (χ0v) is 19.6. The van der Waals surface area contributed by atoms with Gasteiger partial charge in [0.15, 0.2) is 0 Å². The summed E-state index contributed by atoms with van der Waals surface area (Å²) in [5.41, 5.74) is 3.25. The first-order valence-electron chi connectivity index (χ1n) is 12.2. The van der Waals surface area contributed by atoms with Gasteiger partial charge in [0.25, 0.3) is 5.91 Å². The smallest absolute Gasteiger partial charge is 0.251 e. The molecule has 2 aliphatic carbocycles. The van der Waals surface area contributed by atoms with Crippen LogP contribution in [0.3, 0.4) is 0 Å². The van der Waals surface area contributed by atoms with Gasteiger partial charge in [-0.3, -0.25) is 4.79 Å². The van der Waals surface area contributed by atoms with E-state index in [1.165, 1.54) is 24.1 Å². The SMILES string of the molecule is CN(C)c1nc(N[C@H]2CC[C@@H](NC(=O)c3ccc4ccccc4c3)CC2)nc2c1CCCC2. The lowest BCUT2D eigenvalue weighted by Gasteiger charge is -2.30. The molecular weight excluding hydrogens is 410 g/mol. The first-order chi connectivity index (χ1) is 16.1. The predicted molar refractivity (Wildman–Crippen MR) is 134 cm³/mol. The molecule has 6 heteroatoms. The van der Waals surface area contributed by atoms with Crippen LogP contribution in [0.2, 0.25) is 0 Å². The Bertz CT molecular complexity index is 1150. The number of carbonyl (C=O) groups excluding carboxylic acids is 1. The predicted octanol–water partition coefficient (Wildman–Crippen LogP) is 4.73. The Morgan fingerprint density at radius 1 is 0.909 bits per heavy atom. The van der Waals surface area contributed by atoms with Crippen molar-refractivity contribution in [2.45, 2.75) is 63.5 Å². The van der Waals surface area contributed by atoms with Gasteiger partial charge in [-0.15, -0.1) is 0 Å². The van der Waals surface area contributed by atoms with Crippen molar-refractivity contribution in [3.63, 3.8) is 0 Å². The molecule has 0 unspecified atom stereocenters. The topological polar surface area (TPSA) is 70.2 Å². The quantitative estimate of drug-likeness (QED) is 0.597. The van der Waals surface area contributed by atoms with Crippen LogP contribution in [0.1, 0.15) is 60.1 Å². The highest BCUT2D eigenvalue weighted by atomic mass is 16.1. The maximum Gasteiger partial charge on any atom is 0.251 e. The summed E-state index contributed by atoms with van der Waals surface area (Å²) in [5.74, 6) is 1.83. The number of rotatable bonds is 5. The number of anilines is 2. The van der Waals surface area contributed by atoms with Gasteiger partial charge < -0.3 is 15.5 Å². The number of aryl methyl sites for hydroxylation is 1. The molecule has 1 amide bonds. The highest BCUT2D eigenvalue weighted by Gasteiger charge is 2.25. The maximum absolute atomic E-state index is 12.8. The minimum atomic E-state index is 0.0193. The molecule has 1 fully saturated rings. The average Bonchev–Trinajstić information content (AvgIpc) is 2.84. The summed E-state index contributed by atoms with van der Waals surface area (Å²) in [6.45, 7) is 0. The van der Waals surface area contributed by atoms with Crippen LogP contribution in [-0.2, 0) is 12.8 Å². The third-order valence-corrected chi connectivity index (χ3v) is 6.99. The molecule has 3 aromatic rings. The first kappa shape index (κ1) is 21.7. The van der Waals surface area contributed by atoms with Crippen molar-refractivity contribution in [1.82, 2.24) is 15.3 Å². The average molecular weight is 444 g/mol. The Hall–Kier alpha value is -3.15. The molecule has 0 aliphatic heterocycles. The van der Waals surface area contributed by atoms with Crippen molar-refractivity contribution in [2.75, 3.05) is 24.3 Å². The first-order valence-corrected chi connectivity index (χ1v) is 12.2. The number of hydrogen-bond donors (Lipinski definition) is 2. The summed E-state index contributed by atoms with van der Waals surface area (Å²) in [6.07, 6.45) is 8.47. The number of carbonyl (C=O) groups is 1. The Kier molecular flexibility index (Phi) is 6.16. The molecule has 0 bridgehead atoms. The van der Waals surface area contributed by atoms with Crippen molar-refractivity contribution in [2.24, 2.45) is 0 Å². The molecule has 0 spiro atoms. The summed E-state index contributed by atoms with van der Waals surface area (Å²) in [5, 5.41) is 9.09. The monoisotopic (exact) mass is 443 g/mol. The lowest BCUT2D eigenvalue weighted by Crippen LogP contribution is -2.40. The normalized spacial score (nSPS) is 20.2. The van der Waals surface area contributed by atoms with Crippen molar-refractivity contribution < 1.29 is 4.79 Å². The van der Waals surface area contributed by atoms with Crippen LogP contribution in [0.4, 0.5) is 11.8 Å². The zero-order chi connectivity index (χ0) is 22.8. The second-order valence-electron chi connectivity index (χ2n) is 9.63. The molecule has 6 nitrogen and oxygen atoms in total. The Labute approximate surface area is 195 Å². The molecular formula is C27H33N5O. The van der Waals surface area contributed by atoms with Crippen LogP contribution in [0.5, 0.6) is 0 Å². The fourth-order valence-corrected chi connectivity index (χ4v) is 5.17. The number of amides is 1. The van der Waals surface area contributed by atoms with Gasteiger partial charge in [-0.25, -0.2) is 4.98 Å². The summed E-state index contributed by atoms with van der Waals surface area (Å²) >= 11 is 0. The van der Waals surface area contributed by atoms with Gasteiger partial charge in [0.05, 0.1) is 5.69 Å². The Morgan fingerprint density at radius 2 is 1.64 bits per heavy atom. The molecule has 1 heterocycles. The van der Waals surface area contributed by atoms with E-state index in [0.29, 0.717) is 6.04 Å². The van der Waals surface area contributed by atoms with Crippen LogP contribution in [0, 0.1) is 0 Å². The van der Waals surface area contributed by atoms with Crippen LogP contribution >= 0.6 is 0 Å². The van der Waals surface area contributed by atoms with Crippen LogP contribution in [0.25, 0.3) is 10.8 Å². The fourth-order valence-electron chi connectivity index (χ4n) is 5.17. The van der Waals surface area contributed by atoms with Gasteiger partial charge in [-0.1, -0.05) is 30.3 Å². The largest absolute Gasteiger partial charge is 0.362 e.